The Morgan fingerprint density at radius 2 is 1.83 bits per heavy atom. The van der Waals surface area contributed by atoms with Gasteiger partial charge in [-0.05, 0) is 37.5 Å². The molecule has 1 heteroatoms. The summed E-state index contributed by atoms with van der Waals surface area (Å²) in [6, 6.07) is 0. The molecular weight excluding hydrogens is 148 g/mol. The first-order chi connectivity index (χ1) is 5.77. The van der Waals surface area contributed by atoms with E-state index >= 15 is 0 Å². The largest absolute Gasteiger partial charge is 0.381 e. The maximum Gasteiger partial charge on any atom is 0.0571 e. The van der Waals surface area contributed by atoms with Gasteiger partial charge < -0.3 is 4.74 Å². The quantitative estimate of drug-likeness (QED) is 0.632. The third-order valence-corrected chi connectivity index (χ3v) is 3.50. The van der Waals surface area contributed by atoms with Crippen molar-refractivity contribution in [2.24, 2.45) is 11.8 Å². The maximum absolute atomic E-state index is 5.35. The molecule has 1 nitrogen and oxygen atoms in total. The van der Waals surface area contributed by atoms with Crippen LogP contribution in [0.4, 0.5) is 0 Å². The van der Waals surface area contributed by atoms with Crippen LogP contribution < -0.4 is 0 Å². The van der Waals surface area contributed by atoms with Gasteiger partial charge >= 0.3 is 0 Å². The molecule has 0 amide bonds. The molecule has 0 aromatic heterocycles. The average Bonchev–Trinajstić information content (AvgIpc) is 2.17. The van der Waals surface area contributed by atoms with E-state index in [2.05, 4.69) is 13.8 Å². The summed E-state index contributed by atoms with van der Waals surface area (Å²) in [6.45, 7) is 4.69. The molecule has 1 fully saturated rings. The molecule has 0 heterocycles. The van der Waals surface area contributed by atoms with E-state index in [-0.39, 0.29) is 0 Å². The predicted octanol–water partition coefficient (Wildman–Crippen LogP) is 3.24. The highest BCUT2D eigenvalue weighted by atomic mass is 16.5. The van der Waals surface area contributed by atoms with E-state index in [9.17, 15) is 0 Å². The molecule has 1 atom stereocenters. The number of hydrogen-bond donors (Lipinski definition) is 0. The highest BCUT2D eigenvalue weighted by Gasteiger charge is 2.23. The van der Waals surface area contributed by atoms with Crippen LogP contribution in [0.5, 0.6) is 0 Å². The first kappa shape index (κ1) is 10.0. The van der Waals surface area contributed by atoms with Gasteiger partial charge in [-0.1, -0.05) is 20.3 Å². The number of rotatable bonds is 3. The third kappa shape index (κ3) is 2.48. The van der Waals surface area contributed by atoms with Crippen molar-refractivity contribution >= 4 is 0 Å². The van der Waals surface area contributed by atoms with Crippen LogP contribution >= 0.6 is 0 Å². The Hall–Kier alpha value is -0.0400. The van der Waals surface area contributed by atoms with Gasteiger partial charge in [-0.25, -0.2) is 0 Å². The summed E-state index contributed by atoms with van der Waals surface area (Å²) in [7, 11) is 1.84. The van der Waals surface area contributed by atoms with E-state index in [1.807, 2.05) is 7.11 Å². The van der Waals surface area contributed by atoms with Crippen LogP contribution in [0, 0.1) is 11.8 Å². The Morgan fingerprint density at radius 3 is 2.25 bits per heavy atom. The van der Waals surface area contributed by atoms with Crippen molar-refractivity contribution in [2.45, 2.75) is 52.1 Å². The van der Waals surface area contributed by atoms with E-state index in [4.69, 9.17) is 4.74 Å². The minimum atomic E-state index is 0.560. The Balaban J connectivity index is 2.25. The maximum atomic E-state index is 5.35. The van der Waals surface area contributed by atoms with Crippen molar-refractivity contribution in [3.63, 3.8) is 0 Å². The molecule has 0 aliphatic heterocycles. The zero-order valence-corrected chi connectivity index (χ0v) is 8.68. The van der Waals surface area contributed by atoms with Gasteiger partial charge in [0.25, 0.3) is 0 Å². The molecule has 1 rings (SSSR count). The van der Waals surface area contributed by atoms with E-state index in [0.29, 0.717) is 6.10 Å². The zero-order chi connectivity index (χ0) is 8.97. The van der Waals surface area contributed by atoms with Crippen LogP contribution in [0.2, 0.25) is 0 Å². The molecule has 1 aliphatic carbocycles. The summed E-state index contributed by atoms with van der Waals surface area (Å²) in [6.07, 6.45) is 7.23. The second-order valence-corrected chi connectivity index (χ2v) is 4.16. The van der Waals surface area contributed by atoms with Gasteiger partial charge in [-0.15, -0.1) is 0 Å². The van der Waals surface area contributed by atoms with Crippen LogP contribution in [-0.4, -0.2) is 13.2 Å². The molecule has 1 saturated carbocycles. The molecule has 0 bridgehead atoms. The van der Waals surface area contributed by atoms with Gasteiger partial charge in [0.2, 0.25) is 0 Å². The van der Waals surface area contributed by atoms with E-state index in [0.717, 1.165) is 11.8 Å². The molecule has 0 spiro atoms. The molecular formula is C11H22O. The number of ether oxygens (including phenoxy) is 1. The summed E-state index contributed by atoms with van der Waals surface area (Å²) >= 11 is 0. The lowest BCUT2D eigenvalue weighted by atomic mass is 9.79. The fraction of sp³-hybridized carbons (Fsp3) is 1.00. The van der Waals surface area contributed by atoms with Crippen LogP contribution in [-0.2, 0) is 4.74 Å². The van der Waals surface area contributed by atoms with Gasteiger partial charge in [0.15, 0.2) is 0 Å². The van der Waals surface area contributed by atoms with Crippen molar-refractivity contribution in [1.82, 2.24) is 0 Å². The number of methoxy groups -OCH3 is 1. The van der Waals surface area contributed by atoms with Crippen molar-refractivity contribution in [3.8, 4) is 0 Å². The van der Waals surface area contributed by atoms with Gasteiger partial charge in [0.05, 0.1) is 6.10 Å². The van der Waals surface area contributed by atoms with E-state index < -0.39 is 0 Å². The number of hydrogen-bond acceptors (Lipinski definition) is 1. The molecule has 72 valence electrons. The van der Waals surface area contributed by atoms with Crippen LogP contribution in [0.1, 0.15) is 46.0 Å². The minimum Gasteiger partial charge on any atom is -0.381 e. The summed E-state index contributed by atoms with van der Waals surface area (Å²) in [4.78, 5) is 0. The minimum absolute atomic E-state index is 0.560. The van der Waals surface area contributed by atoms with Gasteiger partial charge in [0, 0.05) is 7.11 Å². The topological polar surface area (TPSA) is 9.23 Å². The first-order valence-electron chi connectivity index (χ1n) is 5.30. The zero-order valence-electron chi connectivity index (χ0n) is 8.68. The molecule has 12 heavy (non-hydrogen) atoms. The first-order valence-corrected chi connectivity index (χ1v) is 5.30. The van der Waals surface area contributed by atoms with E-state index in [1.165, 1.54) is 32.1 Å². The van der Waals surface area contributed by atoms with Gasteiger partial charge in [-0.3, -0.25) is 0 Å². The van der Waals surface area contributed by atoms with E-state index in [1.54, 1.807) is 0 Å². The van der Waals surface area contributed by atoms with Crippen molar-refractivity contribution in [1.29, 1.82) is 0 Å². The standard InChI is InChI=1S/C11H22O/c1-4-9(2)10-5-7-11(12-3)8-6-10/h9-11H,4-8H2,1-3H3. The molecule has 0 N–H and O–H groups in total. The van der Waals surface area contributed by atoms with Gasteiger partial charge in [-0.2, -0.15) is 0 Å². The fourth-order valence-electron chi connectivity index (χ4n) is 2.23. The fourth-order valence-corrected chi connectivity index (χ4v) is 2.23. The summed E-state index contributed by atoms with van der Waals surface area (Å²) in [5.41, 5.74) is 0. The Bertz CT molecular complexity index is 114. The Morgan fingerprint density at radius 1 is 1.25 bits per heavy atom. The third-order valence-electron chi connectivity index (χ3n) is 3.50. The van der Waals surface area contributed by atoms with Crippen LogP contribution in [0.15, 0.2) is 0 Å². The second kappa shape index (κ2) is 4.86. The SMILES string of the molecule is CCC(C)C1CCC(OC)CC1. The van der Waals surface area contributed by atoms with Crippen LogP contribution in [0.3, 0.4) is 0 Å². The molecule has 1 aliphatic rings. The monoisotopic (exact) mass is 170 g/mol. The van der Waals surface area contributed by atoms with Crippen LogP contribution in [0.25, 0.3) is 0 Å². The lowest BCUT2D eigenvalue weighted by molar-refractivity contribution is 0.0476. The second-order valence-electron chi connectivity index (χ2n) is 4.16. The molecule has 1 unspecified atom stereocenters. The summed E-state index contributed by atoms with van der Waals surface area (Å²) in [5, 5.41) is 0. The lowest BCUT2D eigenvalue weighted by Gasteiger charge is -2.31. The lowest BCUT2D eigenvalue weighted by Crippen LogP contribution is -2.23. The normalized spacial score (nSPS) is 33.2. The molecule has 0 aromatic carbocycles. The van der Waals surface area contributed by atoms with Gasteiger partial charge in [0.1, 0.15) is 0 Å². The Labute approximate surface area is 76.5 Å². The molecule has 0 radical (unpaired) electrons. The van der Waals surface area contributed by atoms with Crippen molar-refractivity contribution in [3.05, 3.63) is 0 Å². The highest BCUT2D eigenvalue weighted by molar-refractivity contribution is 4.75. The summed E-state index contributed by atoms with van der Waals surface area (Å²) in [5.74, 6) is 1.89. The molecule has 0 saturated heterocycles. The van der Waals surface area contributed by atoms with Crippen molar-refractivity contribution < 1.29 is 4.74 Å². The smallest absolute Gasteiger partial charge is 0.0571 e. The predicted molar refractivity (Wildman–Crippen MR) is 52.2 cm³/mol. The Kier molecular flexibility index (Phi) is 4.07. The average molecular weight is 170 g/mol. The highest BCUT2D eigenvalue weighted by Crippen LogP contribution is 2.32. The van der Waals surface area contributed by atoms with Crippen molar-refractivity contribution in [2.75, 3.05) is 7.11 Å². The molecule has 0 aromatic rings. The summed E-state index contributed by atoms with van der Waals surface area (Å²) < 4.78 is 5.35.